The quantitative estimate of drug-likeness (QED) is 0.857. The van der Waals surface area contributed by atoms with E-state index in [1.807, 2.05) is 17.4 Å². The highest BCUT2D eigenvalue weighted by Crippen LogP contribution is 2.29. The molecular formula is C17H23NOS. The van der Waals surface area contributed by atoms with Gasteiger partial charge in [0.15, 0.2) is 0 Å². The molecule has 0 aliphatic rings. The van der Waals surface area contributed by atoms with Crippen LogP contribution in [0, 0.1) is 13.8 Å². The van der Waals surface area contributed by atoms with Gasteiger partial charge >= 0.3 is 0 Å². The number of thiophene rings is 1. The van der Waals surface area contributed by atoms with E-state index in [9.17, 15) is 0 Å². The third-order valence-electron chi connectivity index (χ3n) is 3.48. The highest BCUT2D eigenvalue weighted by molar-refractivity contribution is 7.12. The summed E-state index contributed by atoms with van der Waals surface area (Å²) >= 11 is 1.88. The third kappa shape index (κ3) is 3.62. The van der Waals surface area contributed by atoms with E-state index in [1.54, 1.807) is 7.11 Å². The van der Waals surface area contributed by atoms with Gasteiger partial charge < -0.3 is 10.1 Å². The average Bonchev–Trinajstić information content (AvgIpc) is 2.77. The zero-order valence-corrected chi connectivity index (χ0v) is 13.5. The van der Waals surface area contributed by atoms with E-state index < -0.39 is 0 Å². The summed E-state index contributed by atoms with van der Waals surface area (Å²) in [7, 11) is 1.72. The SMILES string of the molecule is CCNC(Cc1cccc(OC)c1)c1cc(C)sc1C. The molecule has 1 aromatic heterocycles. The first-order valence-corrected chi connectivity index (χ1v) is 7.89. The van der Waals surface area contributed by atoms with Crippen molar-refractivity contribution in [2.24, 2.45) is 0 Å². The molecule has 1 unspecified atom stereocenters. The number of ether oxygens (including phenoxy) is 1. The predicted octanol–water partition coefficient (Wildman–Crippen LogP) is 4.27. The number of hydrogen-bond donors (Lipinski definition) is 1. The summed E-state index contributed by atoms with van der Waals surface area (Å²) in [4.78, 5) is 2.79. The lowest BCUT2D eigenvalue weighted by Gasteiger charge is -2.18. The largest absolute Gasteiger partial charge is 0.497 e. The molecule has 0 saturated heterocycles. The van der Waals surface area contributed by atoms with Crippen LogP contribution in [0.5, 0.6) is 5.75 Å². The van der Waals surface area contributed by atoms with Crippen molar-refractivity contribution in [3.05, 3.63) is 51.2 Å². The fourth-order valence-corrected chi connectivity index (χ4v) is 3.56. The number of benzene rings is 1. The Bertz CT molecular complexity index is 562. The van der Waals surface area contributed by atoms with E-state index in [1.165, 1.54) is 20.9 Å². The highest BCUT2D eigenvalue weighted by Gasteiger charge is 2.15. The summed E-state index contributed by atoms with van der Waals surface area (Å²) in [6.07, 6.45) is 0.988. The van der Waals surface area contributed by atoms with E-state index >= 15 is 0 Å². The number of rotatable bonds is 6. The topological polar surface area (TPSA) is 21.3 Å². The molecule has 2 rings (SSSR count). The summed E-state index contributed by atoms with van der Waals surface area (Å²) in [6.45, 7) is 7.52. The zero-order valence-electron chi connectivity index (χ0n) is 12.7. The van der Waals surface area contributed by atoms with Gasteiger partial charge in [-0.05, 0) is 56.1 Å². The minimum atomic E-state index is 0.372. The van der Waals surface area contributed by atoms with E-state index in [2.05, 4.69) is 50.4 Å². The third-order valence-corrected chi connectivity index (χ3v) is 4.46. The summed E-state index contributed by atoms with van der Waals surface area (Å²) in [5, 5.41) is 3.60. The molecule has 3 heteroatoms. The van der Waals surface area contributed by atoms with Crippen LogP contribution in [-0.2, 0) is 6.42 Å². The monoisotopic (exact) mass is 289 g/mol. The standard InChI is InChI=1S/C17H23NOS/c1-5-18-17(16-9-12(2)20-13(16)3)11-14-7-6-8-15(10-14)19-4/h6-10,17-18H,5,11H2,1-4H3. The Hall–Kier alpha value is -1.32. The average molecular weight is 289 g/mol. The van der Waals surface area contributed by atoms with Gasteiger partial charge in [-0.1, -0.05) is 19.1 Å². The van der Waals surface area contributed by atoms with Crippen molar-refractivity contribution in [2.75, 3.05) is 13.7 Å². The van der Waals surface area contributed by atoms with Gasteiger partial charge in [0.1, 0.15) is 5.75 Å². The van der Waals surface area contributed by atoms with Crippen LogP contribution < -0.4 is 10.1 Å². The maximum atomic E-state index is 5.31. The second kappa shape index (κ2) is 6.91. The van der Waals surface area contributed by atoms with Crippen molar-refractivity contribution in [1.29, 1.82) is 0 Å². The first kappa shape index (κ1) is 15.1. The molecule has 0 radical (unpaired) electrons. The van der Waals surface area contributed by atoms with Gasteiger partial charge in [-0.15, -0.1) is 11.3 Å². The Kier molecular flexibility index (Phi) is 5.21. The van der Waals surface area contributed by atoms with Crippen molar-refractivity contribution in [3.8, 4) is 5.75 Å². The second-order valence-corrected chi connectivity index (χ2v) is 6.49. The molecule has 1 N–H and O–H groups in total. The first-order valence-electron chi connectivity index (χ1n) is 7.07. The summed E-state index contributed by atoms with van der Waals surface area (Å²) < 4.78 is 5.31. The Balaban J connectivity index is 2.22. The Morgan fingerprint density at radius 2 is 2.05 bits per heavy atom. The van der Waals surface area contributed by atoms with Crippen LogP contribution in [0.25, 0.3) is 0 Å². The number of hydrogen-bond acceptors (Lipinski definition) is 3. The van der Waals surface area contributed by atoms with Crippen LogP contribution in [0.2, 0.25) is 0 Å². The smallest absolute Gasteiger partial charge is 0.119 e. The molecule has 0 spiro atoms. The molecule has 0 aliphatic heterocycles. The maximum Gasteiger partial charge on any atom is 0.119 e. The van der Waals surface area contributed by atoms with E-state index in [0.717, 1.165) is 18.7 Å². The van der Waals surface area contributed by atoms with Gasteiger partial charge in [-0.2, -0.15) is 0 Å². The molecule has 0 saturated carbocycles. The van der Waals surface area contributed by atoms with E-state index in [-0.39, 0.29) is 0 Å². The normalized spacial score (nSPS) is 12.4. The number of aryl methyl sites for hydroxylation is 2. The molecule has 1 heterocycles. The molecule has 2 aromatic rings. The Morgan fingerprint density at radius 3 is 2.65 bits per heavy atom. The van der Waals surface area contributed by atoms with Crippen molar-refractivity contribution < 1.29 is 4.74 Å². The lowest BCUT2D eigenvalue weighted by Crippen LogP contribution is -2.23. The highest BCUT2D eigenvalue weighted by atomic mass is 32.1. The summed E-state index contributed by atoms with van der Waals surface area (Å²) in [5.41, 5.74) is 2.73. The molecule has 0 bridgehead atoms. The molecule has 1 aromatic carbocycles. The van der Waals surface area contributed by atoms with Gasteiger partial charge in [0, 0.05) is 15.8 Å². The molecule has 0 amide bonds. The lowest BCUT2D eigenvalue weighted by molar-refractivity contribution is 0.414. The van der Waals surface area contributed by atoms with Gasteiger partial charge in [0.2, 0.25) is 0 Å². The molecular weight excluding hydrogens is 266 g/mol. The predicted molar refractivity (Wildman–Crippen MR) is 86.9 cm³/mol. The van der Waals surface area contributed by atoms with E-state index in [4.69, 9.17) is 4.74 Å². The van der Waals surface area contributed by atoms with Crippen LogP contribution in [0.3, 0.4) is 0 Å². The van der Waals surface area contributed by atoms with Gasteiger partial charge in [0.25, 0.3) is 0 Å². The Morgan fingerprint density at radius 1 is 1.25 bits per heavy atom. The van der Waals surface area contributed by atoms with Crippen LogP contribution in [0.15, 0.2) is 30.3 Å². The molecule has 2 nitrogen and oxygen atoms in total. The summed E-state index contributed by atoms with van der Waals surface area (Å²) in [6, 6.07) is 11.0. The molecule has 1 atom stereocenters. The number of likely N-dealkylation sites (N-methyl/N-ethyl adjacent to an activating group) is 1. The first-order chi connectivity index (χ1) is 9.63. The maximum absolute atomic E-state index is 5.31. The fraction of sp³-hybridized carbons (Fsp3) is 0.412. The zero-order chi connectivity index (χ0) is 14.5. The van der Waals surface area contributed by atoms with E-state index in [0.29, 0.717) is 6.04 Å². The minimum absolute atomic E-state index is 0.372. The fourth-order valence-electron chi connectivity index (χ4n) is 2.57. The van der Waals surface area contributed by atoms with Crippen molar-refractivity contribution in [2.45, 2.75) is 33.2 Å². The van der Waals surface area contributed by atoms with Crippen LogP contribution in [0.4, 0.5) is 0 Å². The van der Waals surface area contributed by atoms with Crippen LogP contribution in [0.1, 0.15) is 33.8 Å². The molecule has 0 fully saturated rings. The van der Waals surface area contributed by atoms with Gasteiger partial charge in [-0.25, -0.2) is 0 Å². The minimum Gasteiger partial charge on any atom is -0.497 e. The number of nitrogens with one attached hydrogen (secondary N) is 1. The number of methoxy groups -OCH3 is 1. The lowest BCUT2D eigenvalue weighted by atomic mass is 9.99. The molecule has 108 valence electrons. The molecule has 0 aliphatic carbocycles. The summed E-state index contributed by atoms with van der Waals surface area (Å²) in [5.74, 6) is 0.927. The van der Waals surface area contributed by atoms with Crippen LogP contribution >= 0.6 is 11.3 Å². The molecule has 20 heavy (non-hydrogen) atoms. The van der Waals surface area contributed by atoms with Crippen LogP contribution in [-0.4, -0.2) is 13.7 Å². The van der Waals surface area contributed by atoms with Crippen molar-refractivity contribution >= 4 is 11.3 Å². The second-order valence-electron chi connectivity index (χ2n) is 5.03. The van der Waals surface area contributed by atoms with Crippen molar-refractivity contribution in [3.63, 3.8) is 0 Å². The van der Waals surface area contributed by atoms with Gasteiger partial charge in [-0.3, -0.25) is 0 Å². The van der Waals surface area contributed by atoms with Gasteiger partial charge in [0.05, 0.1) is 7.11 Å². The Labute approximate surface area is 125 Å². The van der Waals surface area contributed by atoms with Crippen molar-refractivity contribution in [1.82, 2.24) is 5.32 Å².